The summed E-state index contributed by atoms with van der Waals surface area (Å²) in [6, 6.07) is 2.49. The third-order valence-electron chi connectivity index (χ3n) is 3.37. The van der Waals surface area contributed by atoms with Crippen LogP contribution in [0.15, 0.2) is 21.2 Å². The van der Waals surface area contributed by atoms with E-state index in [1.165, 1.54) is 19.3 Å². The minimum Gasteiger partial charge on any atom is -0.308 e. The van der Waals surface area contributed by atoms with Crippen molar-refractivity contribution in [2.75, 3.05) is 6.54 Å². The lowest BCUT2D eigenvalue weighted by atomic mass is 9.78. The van der Waals surface area contributed by atoms with Crippen LogP contribution in [-0.2, 0) is 0 Å². The summed E-state index contributed by atoms with van der Waals surface area (Å²) in [7, 11) is 0. The zero-order valence-corrected chi connectivity index (χ0v) is 13.2. The molecule has 1 aromatic rings. The van der Waals surface area contributed by atoms with E-state index in [0.717, 1.165) is 33.5 Å². The van der Waals surface area contributed by atoms with Gasteiger partial charge >= 0.3 is 0 Å². The van der Waals surface area contributed by atoms with Gasteiger partial charge in [-0.3, -0.25) is 4.98 Å². The van der Waals surface area contributed by atoms with Crippen molar-refractivity contribution in [3.05, 3.63) is 26.9 Å². The molecule has 1 fully saturated rings. The highest BCUT2D eigenvalue weighted by atomic mass is 79.9. The summed E-state index contributed by atoms with van der Waals surface area (Å²) in [5.74, 6) is 0.756. The van der Waals surface area contributed by atoms with Crippen molar-refractivity contribution in [2.24, 2.45) is 5.92 Å². The van der Waals surface area contributed by atoms with Crippen LogP contribution < -0.4 is 5.32 Å². The average molecular weight is 362 g/mol. The molecule has 0 aliphatic heterocycles. The Balaban J connectivity index is 2.17. The van der Waals surface area contributed by atoms with E-state index in [4.69, 9.17) is 0 Å². The smallest absolute Gasteiger partial charge is 0.0718 e. The minimum atomic E-state index is 0.408. The molecule has 1 unspecified atom stereocenters. The molecule has 0 amide bonds. The van der Waals surface area contributed by atoms with Gasteiger partial charge in [0, 0.05) is 15.1 Å². The Hall–Kier alpha value is 0.0700. The molecule has 2 nitrogen and oxygen atoms in total. The van der Waals surface area contributed by atoms with Crippen LogP contribution in [0.3, 0.4) is 0 Å². The number of nitrogens with zero attached hydrogens (tertiary/aromatic N) is 1. The van der Waals surface area contributed by atoms with Crippen LogP contribution >= 0.6 is 31.9 Å². The number of halogens is 2. The number of hydrogen-bond donors (Lipinski definition) is 1. The molecule has 1 aliphatic rings. The van der Waals surface area contributed by atoms with Crippen LogP contribution in [0.25, 0.3) is 0 Å². The summed E-state index contributed by atoms with van der Waals surface area (Å²) < 4.78 is 2.13. The lowest BCUT2D eigenvalue weighted by molar-refractivity contribution is 0.227. The molecule has 1 N–H and O–H groups in total. The Morgan fingerprint density at radius 1 is 1.47 bits per heavy atom. The van der Waals surface area contributed by atoms with Gasteiger partial charge in [0.15, 0.2) is 0 Å². The summed E-state index contributed by atoms with van der Waals surface area (Å²) in [5, 5.41) is 3.64. The normalized spacial score (nSPS) is 17.8. The van der Waals surface area contributed by atoms with Crippen molar-refractivity contribution in [1.29, 1.82) is 0 Å². The van der Waals surface area contributed by atoms with Gasteiger partial charge in [-0.1, -0.05) is 13.3 Å². The molecular weight excluding hydrogens is 344 g/mol. The molecule has 2 rings (SSSR count). The van der Waals surface area contributed by atoms with Crippen LogP contribution in [0.2, 0.25) is 0 Å². The van der Waals surface area contributed by atoms with Gasteiger partial charge in [0.25, 0.3) is 0 Å². The molecule has 0 spiro atoms. The second-order valence-electron chi connectivity index (χ2n) is 4.64. The first-order chi connectivity index (χ1) is 8.22. The van der Waals surface area contributed by atoms with Crippen molar-refractivity contribution in [3.8, 4) is 0 Å². The molecule has 0 radical (unpaired) electrons. The van der Waals surface area contributed by atoms with Crippen LogP contribution in [0, 0.1) is 5.92 Å². The zero-order chi connectivity index (χ0) is 12.3. The lowest BCUT2D eigenvalue weighted by Gasteiger charge is -2.34. The van der Waals surface area contributed by atoms with Gasteiger partial charge < -0.3 is 5.32 Å². The third-order valence-corrected chi connectivity index (χ3v) is 4.44. The number of hydrogen-bond acceptors (Lipinski definition) is 2. The van der Waals surface area contributed by atoms with Crippen molar-refractivity contribution >= 4 is 31.9 Å². The molecule has 1 atom stereocenters. The first-order valence-corrected chi connectivity index (χ1v) is 7.85. The van der Waals surface area contributed by atoms with E-state index in [-0.39, 0.29) is 0 Å². The fraction of sp³-hybridized carbons (Fsp3) is 0.615. The molecule has 0 saturated heterocycles. The largest absolute Gasteiger partial charge is 0.308 e. The summed E-state index contributed by atoms with van der Waals surface area (Å²) in [6.45, 7) is 3.26. The van der Waals surface area contributed by atoms with Gasteiger partial charge in [0.1, 0.15) is 0 Å². The Labute approximate surface area is 120 Å². The van der Waals surface area contributed by atoms with Crippen molar-refractivity contribution in [1.82, 2.24) is 10.3 Å². The van der Waals surface area contributed by atoms with Crippen molar-refractivity contribution < 1.29 is 0 Å². The quantitative estimate of drug-likeness (QED) is 0.838. The van der Waals surface area contributed by atoms with E-state index in [1.54, 1.807) is 0 Å². The van der Waals surface area contributed by atoms with Gasteiger partial charge in [0.2, 0.25) is 0 Å². The maximum Gasteiger partial charge on any atom is 0.0718 e. The Bertz CT molecular complexity index is 378. The summed E-state index contributed by atoms with van der Waals surface area (Å²) >= 11 is 7.08. The molecule has 1 heterocycles. The van der Waals surface area contributed by atoms with Crippen LogP contribution in [0.5, 0.6) is 0 Å². The van der Waals surface area contributed by atoms with Crippen molar-refractivity contribution in [3.63, 3.8) is 0 Å². The molecule has 17 heavy (non-hydrogen) atoms. The fourth-order valence-electron chi connectivity index (χ4n) is 2.21. The van der Waals surface area contributed by atoms with Gasteiger partial charge in [0.05, 0.1) is 11.7 Å². The van der Waals surface area contributed by atoms with Crippen LogP contribution in [-0.4, -0.2) is 11.5 Å². The Morgan fingerprint density at radius 2 is 2.24 bits per heavy atom. The Morgan fingerprint density at radius 3 is 2.76 bits per heavy atom. The highest BCUT2D eigenvalue weighted by Crippen LogP contribution is 2.39. The number of aromatic nitrogens is 1. The van der Waals surface area contributed by atoms with Gasteiger partial charge in [-0.25, -0.2) is 0 Å². The fourth-order valence-corrected chi connectivity index (χ4v) is 3.45. The van der Waals surface area contributed by atoms with E-state index >= 15 is 0 Å². The molecule has 1 saturated carbocycles. The van der Waals surface area contributed by atoms with E-state index in [2.05, 4.69) is 55.2 Å². The molecule has 94 valence electrons. The highest BCUT2D eigenvalue weighted by molar-refractivity contribution is 9.11. The van der Waals surface area contributed by atoms with E-state index in [0.29, 0.717) is 6.04 Å². The summed E-state index contributed by atoms with van der Waals surface area (Å²) in [5.41, 5.74) is 1.16. The van der Waals surface area contributed by atoms with E-state index < -0.39 is 0 Å². The average Bonchev–Trinajstić information content (AvgIpc) is 2.22. The summed E-state index contributed by atoms with van der Waals surface area (Å²) in [4.78, 5) is 4.58. The first kappa shape index (κ1) is 13.5. The summed E-state index contributed by atoms with van der Waals surface area (Å²) in [6.07, 6.45) is 7.07. The van der Waals surface area contributed by atoms with Gasteiger partial charge in [-0.05, 0) is 69.7 Å². The maximum atomic E-state index is 4.58. The van der Waals surface area contributed by atoms with E-state index in [1.807, 2.05) is 6.20 Å². The van der Waals surface area contributed by atoms with Crippen LogP contribution in [0.4, 0.5) is 0 Å². The molecule has 4 heteroatoms. The molecule has 0 bridgehead atoms. The zero-order valence-electron chi connectivity index (χ0n) is 10.0. The molecule has 1 aromatic heterocycles. The van der Waals surface area contributed by atoms with Gasteiger partial charge in [-0.15, -0.1) is 0 Å². The SMILES string of the molecule is CCCNC(c1ncc(Br)cc1Br)C1CCC1. The monoisotopic (exact) mass is 360 g/mol. The maximum absolute atomic E-state index is 4.58. The highest BCUT2D eigenvalue weighted by Gasteiger charge is 2.30. The van der Waals surface area contributed by atoms with Crippen molar-refractivity contribution in [2.45, 2.75) is 38.6 Å². The second kappa shape index (κ2) is 6.30. The standard InChI is InChI=1S/C13H18Br2N2/c1-2-6-16-12(9-4-3-5-9)13-11(15)7-10(14)8-17-13/h7-9,12,16H,2-6H2,1H3. The molecular formula is C13H18Br2N2. The minimum absolute atomic E-state index is 0.408. The predicted molar refractivity (Wildman–Crippen MR) is 78.0 cm³/mol. The third kappa shape index (κ3) is 3.30. The number of nitrogens with one attached hydrogen (secondary N) is 1. The van der Waals surface area contributed by atoms with E-state index in [9.17, 15) is 0 Å². The second-order valence-corrected chi connectivity index (χ2v) is 6.41. The Kier molecular flexibility index (Phi) is 5.00. The molecule has 0 aromatic carbocycles. The topological polar surface area (TPSA) is 24.9 Å². The number of pyridine rings is 1. The van der Waals surface area contributed by atoms with Crippen LogP contribution in [0.1, 0.15) is 44.3 Å². The predicted octanol–water partition coefficient (Wildman–Crippen LogP) is 4.45. The number of rotatable bonds is 5. The first-order valence-electron chi connectivity index (χ1n) is 6.26. The van der Waals surface area contributed by atoms with Gasteiger partial charge in [-0.2, -0.15) is 0 Å². The lowest BCUT2D eigenvalue weighted by Crippen LogP contribution is -2.33. The molecule has 1 aliphatic carbocycles.